The number of ether oxygens (including phenoxy) is 3. The average Bonchev–Trinajstić information content (AvgIpc) is 3.52. The second kappa shape index (κ2) is 10.5. The third-order valence-corrected chi connectivity index (χ3v) is 6.10. The van der Waals surface area contributed by atoms with Gasteiger partial charge in [-0.05, 0) is 39.0 Å². The van der Waals surface area contributed by atoms with Gasteiger partial charge < -0.3 is 24.4 Å². The molecule has 0 spiro atoms. The molecule has 0 saturated carbocycles. The fourth-order valence-electron chi connectivity index (χ4n) is 3.96. The number of nitrogens with one attached hydrogen (secondary N) is 1. The van der Waals surface area contributed by atoms with Gasteiger partial charge in [-0.15, -0.1) is 5.10 Å². The highest BCUT2D eigenvalue weighted by Crippen LogP contribution is 2.36. The minimum absolute atomic E-state index is 0.0743. The summed E-state index contributed by atoms with van der Waals surface area (Å²) in [6.45, 7) is 6.37. The molecule has 1 fully saturated rings. The summed E-state index contributed by atoms with van der Waals surface area (Å²) < 4.78 is 33.8. The quantitative estimate of drug-likeness (QED) is 0.330. The highest BCUT2D eigenvalue weighted by molar-refractivity contribution is 6.32. The maximum atomic E-state index is 15.2. The molecule has 1 N–H and O–H groups in total. The molecule has 1 aliphatic rings. The number of hydrogen-bond acceptors (Lipinski definition) is 9. The minimum Gasteiger partial charge on any atom is -0.472 e. The second-order valence-corrected chi connectivity index (χ2v) is 10.4. The lowest BCUT2D eigenvalue weighted by Gasteiger charge is -2.24. The van der Waals surface area contributed by atoms with E-state index in [2.05, 4.69) is 25.4 Å². The third-order valence-electron chi connectivity index (χ3n) is 5.74. The zero-order valence-corrected chi connectivity index (χ0v) is 22.6. The van der Waals surface area contributed by atoms with Gasteiger partial charge in [0.2, 0.25) is 11.8 Å². The third kappa shape index (κ3) is 6.11. The Morgan fingerprint density at radius 2 is 1.97 bits per heavy atom. The van der Waals surface area contributed by atoms with Crippen LogP contribution in [-0.2, 0) is 11.8 Å². The van der Waals surface area contributed by atoms with Crippen LogP contribution in [0.3, 0.4) is 0 Å². The summed E-state index contributed by atoms with van der Waals surface area (Å²) in [4.78, 5) is 27.0. The number of carbonyl (C=O) groups is 1. The Hall–Kier alpha value is -4.19. The highest BCUT2D eigenvalue weighted by atomic mass is 35.5. The lowest BCUT2D eigenvalue weighted by molar-refractivity contribution is 0.0275. The minimum atomic E-state index is -0.725. The Morgan fingerprint density at radius 3 is 2.72 bits per heavy atom. The fourth-order valence-corrected chi connectivity index (χ4v) is 4.17. The number of carbonyl (C=O) groups excluding carboxylic acids is 1. The number of benzene rings is 1. The number of pyridine rings is 1. The van der Waals surface area contributed by atoms with Crippen LogP contribution in [0.25, 0.3) is 11.0 Å². The predicted octanol–water partition coefficient (Wildman–Crippen LogP) is 5.47. The maximum Gasteiger partial charge on any atom is 0.410 e. The van der Waals surface area contributed by atoms with Gasteiger partial charge in [-0.1, -0.05) is 11.6 Å². The van der Waals surface area contributed by atoms with Crippen LogP contribution >= 0.6 is 11.6 Å². The topological polar surface area (TPSA) is 117 Å². The van der Waals surface area contributed by atoms with E-state index >= 15 is 4.39 Å². The molecular weight excluding hydrogens is 529 g/mol. The number of anilines is 2. The average molecular weight is 556 g/mol. The van der Waals surface area contributed by atoms with Crippen molar-refractivity contribution in [1.82, 2.24) is 29.6 Å². The molecular formula is C26H27ClFN7O4. The first-order valence-corrected chi connectivity index (χ1v) is 12.6. The van der Waals surface area contributed by atoms with E-state index in [0.29, 0.717) is 36.4 Å². The van der Waals surface area contributed by atoms with Gasteiger partial charge in [-0.2, -0.15) is 0 Å². The number of likely N-dealkylation sites (tertiary alicyclic amines) is 1. The van der Waals surface area contributed by atoms with E-state index in [4.69, 9.17) is 25.8 Å². The van der Waals surface area contributed by atoms with Crippen LogP contribution in [0.2, 0.25) is 5.02 Å². The zero-order valence-electron chi connectivity index (χ0n) is 21.8. The Kier molecular flexibility index (Phi) is 7.13. The van der Waals surface area contributed by atoms with Crippen molar-refractivity contribution in [2.75, 3.05) is 18.4 Å². The molecule has 1 amide bonds. The lowest BCUT2D eigenvalue weighted by Crippen LogP contribution is -2.36. The van der Waals surface area contributed by atoms with Crippen LogP contribution in [0, 0.1) is 5.82 Å². The predicted molar refractivity (Wildman–Crippen MR) is 142 cm³/mol. The molecule has 5 rings (SSSR count). The molecule has 0 aliphatic carbocycles. The second-order valence-electron chi connectivity index (χ2n) is 9.99. The summed E-state index contributed by atoms with van der Waals surface area (Å²) in [7, 11) is 1.74. The van der Waals surface area contributed by atoms with Crippen molar-refractivity contribution in [1.29, 1.82) is 0 Å². The number of fused-ring (bicyclic) bond motifs is 1. The molecule has 13 heteroatoms. The number of halogens is 2. The monoisotopic (exact) mass is 555 g/mol. The number of amides is 1. The van der Waals surface area contributed by atoms with Gasteiger partial charge in [0.05, 0.1) is 17.7 Å². The largest absolute Gasteiger partial charge is 0.472 e. The molecule has 11 nitrogen and oxygen atoms in total. The summed E-state index contributed by atoms with van der Waals surface area (Å²) in [5.41, 5.74) is 0.407. The molecule has 0 radical (unpaired) electrons. The molecule has 3 aromatic heterocycles. The van der Waals surface area contributed by atoms with Crippen LogP contribution in [0.1, 0.15) is 27.2 Å². The fraction of sp³-hybridized carbons (Fsp3) is 0.346. The normalized spacial score (nSPS) is 15.4. The molecule has 39 heavy (non-hydrogen) atoms. The molecule has 1 saturated heterocycles. The van der Waals surface area contributed by atoms with Crippen LogP contribution in [0.15, 0.2) is 42.9 Å². The smallest absolute Gasteiger partial charge is 0.410 e. The van der Waals surface area contributed by atoms with Gasteiger partial charge in [-0.3, -0.25) is 4.68 Å². The van der Waals surface area contributed by atoms with E-state index in [1.807, 2.05) is 20.8 Å². The van der Waals surface area contributed by atoms with Gasteiger partial charge in [0.1, 0.15) is 28.6 Å². The molecule has 0 bridgehead atoms. The molecule has 4 heterocycles. The van der Waals surface area contributed by atoms with Crippen molar-refractivity contribution in [2.45, 2.75) is 38.9 Å². The van der Waals surface area contributed by atoms with Crippen LogP contribution in [-0.4, -0.2) is 60.5 Å². The van der Waals surface area contributed by atoms with E-state index < -0.39 is 11.4 Å². The number of nitrogens with zero attached hydrogens (tertiary/aromatic N) is 6. The van der Waals surface area contributed by atoms with E-state index in [-0.39, 0.29) is 40.4 Å². The van der Waals surface area contributed by atoms with Gasteiger partial charge in [0.25, 0.3) is 0 Å². The van der Waals surface area contributed by atoms with E-state index in [0.717, 1.165) is 0 Å². The van der Waals surface area contributed by atoms with Gasteiger partial charge in [0, 0.05) is 38.3 Å². The lowest BCUT2D eigenvalue weighted by atomic mass is 10.2. The summed E-state index contributed by atoms with van der Waals surface area (Å²) in [5, 5.41) is 6.84. The first-order chi connectivity index (χ1) is 18.6. The van der Waals surface area contributed by atoms with E-state index in [1.165, 1.54) is 18.5 Å². The Bertz CT molecular complexity index is 1520. The first kappa shape index (κ1) is 26.4. The first-order valence-electron chi connectivity index (χ1n) is 12.2. The van der Waals surface area contributed by atoms with Crippen molar-refractivity contribution in [2.24, 2.45) is 7.05 Å². The maximum absolute atomic E-state index is 15.2. The van der Waals surface area contributed by atoms with Crippen molar-refractivity contribution in [3.05, 3.63) is 53.7 Å². The van der Waals surface area contributed by atoms with Gasteiger partial charge in [0.15, 0.2) is 17.4 Å². The van der Waals surface area contributed by atoms with E-state index in [1.54, 1.807) is 41.0 Å². The molecule has 204 valence electrons. The summed E-state index contributed by atoms with van der Waals surface area (Å²) in [6, 6.07) is 8.08. The van der Waals surface area contributed by atoms with Gasteiger partial charge in [-0.25, -0.2) is 24.1 Å². The van der Waals surface area contributed by atoms with Gasteiger partial charge >= 0.3 is 6.09 Å². The van der Waals surface area contributed by atoms with Crippen molar-refractivity contribution >= 4 is 40.2 Å². The summed E-state index contributed by atoms with van der Waals surface area (Å²) >= 11 is 6.25. The van der Waals surface area contributed by atoms with Crippen LogP contribution in [0.5, 0.6) is 17.5 Å². The molecule has 1 aromatic carbocycles. The Labute approximate surface area is 228 Å². The molecule has 1 aliphatic heterocycles. The number of hydrogen-bond donors (Lipinski definition) is 1. The van der Waals surface area contributed by atoms with Crippen molar-refractivity contribution in [3.63, 3.8) is 0 Å². The Balaban J connectivity index is 1.32. The standard InChI is InChI=1S/C26H27ClFN7O4/c1-26(2,3)39-25(36)35-12-9-15(13-35)37-19-8-6-17-23(32-19)24(30-14-29-17)31-16-5-7-18(21(27)22(16)28)38-20-10-11-34(4)33-20/h5-8,10-11,14-15H,9,12-13H2,1-4H3,(H,29,30,31)/t15-/m0/s1. The molecule has 4 aromatic rings. The Morgan fingerprint density at radius 1 is 1.15 bits per heavy atom. The molecule has 1 atom stereocenters. The molecule has 0 unspecified atom stereocenters. The van der Waals surface area contributed by atoms with Crippen LogP contribution < -0.4 is 14.8 Å². The number of aromatic nitrogens is 5. The number of aryl methyl sites for hydroxylation is 1. The highest BCUT2D eigenvalue weighted by Gasteiger charge is 2.31. The van der Waals surface area contributed by atoms with Crippen molar-refractivity contribution in [3.8, 4) is 17.5 Å². The van der Waals surface area contributed by atoms with Crippen LogP contribution in [0.4, 0.5) is 20.7 Å². The summed E-state index contributed by atoms with van der Waals surface area (Å²) in [5.74, 6) is 0.276. The van der Waals surface area contributed by atoms with E-state index in [9.17, 15) is 4.79 Å². The van der Waals surface area contributed by atoms with Crippen molar-refractivity contribution < 1.29 is 23.4 Å². The number of rotatable bonds is 6. The zero-order chi connectivity index (χ0) is 27.7. The summed E-state index contributed by atoms with van der Waals surface area (Å²) in [6.07, 6.45) is 3.04. The SMILES string of the molecule is Cn1ccc(Oc2ccc(Nc3ncnc4ccc(O[C@H]5CCN(C(=O)OC(C)(C)C)C5)nc34)c(F)c2Cl)n1.